The predicted octanol–water partition coefficient (Wildman–Crippen LogP) is 6.73. The van der Waals surface area contributed by atoms with Gasteiger partial charge in [0, 0.05) is 30.9 Å². The molecule has 1 aromatic carbocycles. The Hall–Kier alpha value is -3.63. The Kier molecular flexibility index (Phi) is 12.3. The molecule has 4 atom stereocenters. The van der Waals surface area contributed by atoms with Crippen LogP contribution in [0.15, 0.2) is 34.5 Å². The number of alkyl halides is 4. The number of amides is 3. The zero-order chi connectivity index (χ0) is 37.2. The van der Waals surface area contributed by atoms with Gasteiger partial charge in [-0.2, -0.15) is 23.3 Å². The lowest BCUT2D eigenvalue weighted by molar-refractivity contribution is -0.137. The van der Waals surface area contributed by atoms with Crippen molar-refractivity contribution >= 4 is 56.9 Å². The van der Waals surface area contributed by atoms with Gasteiger partial charge in [0.2, 0.25) is 11.9 Å². The van der Waals surface area contributed by atoms with Crippen LogP contribution in [0.2, 0.25) is 5.02 Å². The van der Waals surface area contributed by atoms with Crippen LogP contribution in [-0.2, 0) is 15.8 Å². The quantitative estimate of drug-likeness (QED) is 0.209. The first-order valence-electron chi connectivity index (χ1n) is 16.7. The predicted molar refractivity (Wildman–Crippen MR) is 187 cm³/mol. The Bertz CT molecular complexity index is 1680. The van der Waals surface area contributed by atoms with E-state index in [1.165, 1.54) is 5.01 Å². The smallest absolute Gasteiger partial charge is 0.416 e. The van der Waals surface area contributed by atoms with E-state index in [1.54, 1.807) is 28.8 Å². The van der Waals surface area contributed by atoms with Gasteiger partial charge in [0.25, 0.3) is 11.8 Å². The Morgan fingerprint density at radius 3 is 2.40 bits per heavy atom. The summed E-state index contributed by atoms with van der Waals surface area (Å²) in [5.41, 5.74) is 0.630. The number of halogens is 5. The number of fused-ring (bicyclic) bond motifs is 1. The second-order valence-corrected chi connectivity index (χ2v) is 12.9. The molecule has 2 aromatic rings. The number of hydrogen-bond donors (Lipinski definition) is 3. The molecule has 0 saturated heterocycles. The van der Waals surface area contributed by atoms with Crippen molar-refractivity contribution in [2.45, 2.75) is 84.5 Å². The number of nitrogens with one attached hydrogen (secondary N) is 2. The minimum absolute atomic E-state index is 0.0205. The summed E-state index contributed by atoms with van der Waals surface area (Å²) in [7, 11) is 1.69. The molecule has 3 heterocycles. The molecule has 1 saturated carbocycles. The fraction of sp³-hybridized carbons (Fsp3) is 0.545. The Balaban J connectivity index is 0.00000136. The number of carbonyl (C=O) groups excluding carboxylic acids is 3. The van der Waals surface area contributed by atoms with Gasteiger partial charge >= 0.3 is 6.18 Å². The van der Waals surface area contributed by atoms with Crippen LogP contribution in [0.5, 0.6) is 5.75 Å². The number of carbonyl (C=O) groups is 3. The van der Waals surface area contributed by atoms with E-state index in [2.05, 4.69) is 36.4 Å². The van der Waals surface area contributed by atoms with Crippen LogP contribution in [0.1, 0.15) is 82.0 Å². The van der Waals surface area contributed by atoms with Crippen molar-refractivity contribution in [3.63, 3.8) is 0 Å². The first kappa shape index (κ1) is 39.2. The average Bonchev–Trinajstić information content (AvgIpc) is 3.74. The number of hydrazine groups is 1. The van der Waals surface area contributed by atoms with Gasteiger partial charge in [-0.15, -0.1) is 0 Å². The lowest BCUT2D eigenvalue weighted by Gasteiger charge is -2.48. The number of aromatic amines is 1. The Labute approximate surface area is 302 Å². The van der Waals surface area contributed by atoms with E-state index >= 15 is 0 Å². The maximum absolute atomic E-state index is 14.1. The molecule has 3 amide bonds. The second-order valence-electron chi connectivity index (χ2n) is 11.7. The van der Waals surface area contributed by atoms with Crippen LogP contribution >= 0.6 is 27.5 Å². The highest BCUT2D eigenvalue weighted by molar-refractivity contribution is 9.09. The van der Waals surface area contributed by atoms with Gasteiger partial charge in [-0.05, 0) is 85.5 Å². The summed E-state index contributed by atoms with van der Waals surface area (Å²) in [4.78, 5) is 48.8. The molecular formula is C33H43BrClF3N8O4. The van der Waals surface area contributed by atoms with Crippen molar-refractivity contribution in [3.05, 3.63) is 51.4 Å². The van der Waals surface area contributed by atoms with Gasteiger partial charge in [-0.25, -0.2) is 10.0 Å². The Morgan fingerprint density at radius 1 is 1.18 bits per heavy atom. The van der Waals surface area contributed by atoms with Crippen molar-refractivity contribution in [2.75, 3.05) is 25.5 Å². The second kappa shape index (κ2) is 15.7. The summed E-state index contributed by atoms with van der Waals surface area (Å²) in [5.74, 6) is -1.37. The molecular weight excluding hydrogens is 745 g/mol. The Morgan fingerprint density at radius 2 is 1.86 bits per heavy atom. The first-order chi connectivity index (χ1) is 23.7. The molecule has 4 aliphatic rings. The standard InChI is InChI=1S/C29H31BrClF3N8O4.2C2H6/c1-4-40(26(46)23-24(44)13(2)37-38-23)19-9-6-15(19)16-7-10-20-22(16)25(45)42-28(36-27(30)39(42)3)41(20)12-21(43)35-18-8-5-14(11-17(18)31)29(32,33)34;2*1-2/h5,8,11,15-16,19,27,44H,4,6-7,9-10,12H2,1-3H3,(H,35,43)(H,37,38);2*1-2H3. The minimum atomic E-state index is -4.59. The number of aromatic nitrogens is 2. The zero-order valence-corrected chi connectivity index (χ0v) is 31.4. The normalized spacial score (nSPS) is 22.8. The number of allylic oxidation sites excluding steroid dienone is 1. The third kappa shape index (κ3) is 7.11. The molecule has 12 nitrogen and oxygen atoms in total. The van der Waals surface area contributed by atoms with Gasteiger partial charge < -0.3 is 20.2 Å². The van der Waals surface area contributed by atoms with Crippen molar-refractivity contribution < 1.29 is 32.7 Å². The average molecular weight is 788 g/mol. The van der Waals surface area contributed by atoms with Gasteiger partial charge in [0.1, 0.15) is 12.2 Å². The van der Waals surface area contributed by atoms with E-state index in [0.29, 0.717) is 36.4 Å². The zero-order valence-electron chi connectivity index (χ0n) is 29.0. The van der Waals surface area contributed by atoms with Gasteiger partial charge in [0.05, 0.1) is 16.3 Å². The number of nitrogens with zero attached hydrogens (tertiary/aromatic N) is 6. The molecule has 0 bridgehead atoms. The van der Waals surface area contributed by atoms with Crippen LogP contribution in [0, 0.1) is 18.8 Å². The number of aliphatic imine (C=N–C) groups is 1. The van der Waals surface area contributed by atoms with Gasteiger partial charge in [0.15, 0.2) is 16.5 Å². The molecule has 1 fully saturated rings. The molecule has 17 heteroatoms. The van der Waals surface area contributed by atoms with Gasteiger partial charge in [-0.1, -0.05) is 39.3 Å². The monoisotopic (exact) mass is 786 g/mol. The number of anilines is 1. The van der Waals surface area contributed by atoms with Crippen molar-refractivity contribution in [1.82, 2.24) is 30.0 Å². The molecule has 2 aliphatic heterocycles. The van der Waals surface area contributed by atoms with Gasteiger partial charge in [-0.3, -0.25) is 19.5 Å². The molecule has 0 radical (unpaired) electrons. The maximum atomic E-state index is 14.1. The third-order valence-electron chi connectivity index (χ3n) is 9.21. The van der Waals surface area contributed by atoms with E-state index in [-0.39, 0.29) is 64.3 Å². The number of hydrogen-bond acceptors (Lipinski definition) is 8. The van der Waals surface area contributed by atoms with E-state index in [9.17, 15) is 32.7 Å². The maximum Gasteiger partial charge on any atom is 0.416 e. The summed E-state index contributed by atoms with van der Waals surface area (Å²) in [6.07, 6.45) is -1.98. The van der Waals surface area contributed by atoms with Crippen LogP contribution in [0.25, 0.3) is 0 Å². The first-order valence-corrected chi connectivity index (χ1v) is 18.0. The van der Waals surface area contributed by atoms with Crippen LogP contribution in [0.3, 0.4) is 0 Å². The summed E-state index contributed by atoms with van der Waals surface area (Å²) < 4.78 is 39.3. The fourth-order valence-corrected chi connectivity index (χ4v) is 7.40. The van der Waals surface area contributed by atoms with Crippen molar-refractivity contribution in [2.24, 2.45) is 16.8 Å². The molecule has 0 spiro atoms. The summed E-state index contributed by atoms with van der Waals surface area (Å²) in [6.45, 7) is 11.6. The van der Waals surface area contributed by atoms with Crippen molar-refractivity contribution in [1.29, 1.82) is 0 Å². The number of guanidine groups is 1. The summed E-state index contributed by atoms with van der Waals surface area (Å²) in [6, 6.07) is 2.51. The third-order valence-corrected chi connectivity index (χ3v) is 10.3. The number of aryl methyl sites for hydroxylation is 1. The fourth-order valence-electron chi connectivity index (χ4n) is 6.80. The molecule has 2 aliphatic carbocycles. The topological polar surface area (TPSA) is 137 Å². The molecule has 50 heavy (non-hydrogen) atoms. The highest BCUT2D eigenvalue weighted by atomic mass is 79.9. The molecule has 274 valence electrons. The summed E-state index contributed by atoms with van der Waals surface area (Å²) >= 11 is 9.53. The molecule has 3 N–H and O–H groups in total. The van der Waals surface area contributed by atoms with E-state index in [1.807, 2.05) is 34.6 Å². The minimum Gasteiger partial charge on any atom is -0.504 e. The number of benzene rings is 1. The van der Waals surface area contributed by atoms with E-state index in [0.717, 1.165) is 31.0 Å². The van der Waals surface area contributed by atoms with Crippen molar-refractivity contribution in [3.8, 4) is 5.75 Å². The highest BCUT2D eigenvalue weighted by Crippen LogP contribution is 2.50. The van der Waals surface area contributed by atoms with Crippen LogP contribution < -0.4 is 5.32 Å². The molecule has 6 rings (SSSR count). The summed E-state index contributed by atoms with van der Waals surface area (Å²) in [5, 5.41) is 21.7. The highest BCUT2D eigenvalue weighted by Gasteiger charge is 2.53. The number of aromatic hydroxyl groups is 1. The van der Waals surface area contributed by atoms with Crippen LogP contribution in [0.4, 0.5) is 18.9 Å². The lowest BCUT2D eigenvalue weighted by atomic mass is 9.68. The number of H-pyrrole nitrogens is 1. The lowest BCUT2D eigenvalue weighted by Crippen LogP contribution is -2.57. The SMILES string of the molecule is CC.CC.CCN(C(=O)c1[nH]nc(C)c1O)C1CCC1C1CCC2=C1C(=O)N1C(=NC(Br)N1C)N2CC(=O)Nc1ccc(C(F)(F)F)cc1Cl. The van der Waals surface area contributed by atoms with Crippen LogP contribution in [-0.4, -0.2) is 90.1 Å². The molecule has 4 unspecified atom stereocenters. The molecule has 1 aromatic heterocycles. The van der Waals surface area contributed by atoms with E-state index in [4.69, 9.17) is 11.6 Å². The largest absolute Gasteiger partial charge is 0.504 e. The van der Waals surface area contributed by atoms with E-state index < -0.39 is 22.7 Å². The number of rotatable bonds is 7.